The van der Waals surface area contributed by atoms with E-state index >= 15 is 0 Å². The van der Waals surface area contributed by atoms with Gasteiger partial charge in [-0.3, -0.25) is 65.4 Å². The Kier molecular flexibility index (Phi) is 20.1. The van der Waals surface area contributed by atoms with Crippen molar-refractivity contribution >= 4 is 110 Å². The maximum Gasteiger partial charge on any atom is 0.270 e. The molecular formula is C41H55N23O10S. The monoisotopic (exact) mass is 1060 g/mol. The van der Waals surface area contributed by atoms with Crippen molar-refractivity contribution in [1.82, 2.24) is 58.5 Å². The van der Waals surface area contributed by atoms with E-state index in [9.17, 15) is 48.6 Å². The van der Waals surface area contributed by atoms with Gasteiger partial charge in [0.2, 0.25) is 18.0 Å². The fourth-order valence-corrected chi connectivity index (χ4v) is 7.82. The van der Waals surface area contributed by atoms with Gasteiger partial charge in [-0.1, -0.05) is 72.4 Å². The minimum absolute atomic E-state index is 0.0232. The van der Waals surface area contributed by atoms with Crippen LogP contribution in [0.1, 0.15) is 11.6 Å². The second kappa shape index (κ2) is 26.1. The highest BCUT2D eigenvalue weighted by atomic mass is 32.2. The summed E-state index contributed by atoms with van der Waals surface area (Å²) < 4.78 is 0. The lowest BCUT2D eigenvalue weighted by Crippen LogP contribution is -2.69. The van der Waals surface area contributed by atoms with Crippen LogP contribution in [-0.4, -0.2) is 130 Å². The molecule has 8 amide bonds. The van der Waals surface area contributed by atoms with Crippen LogP contribution in [0.4, 0.5) is 0 Å². The summed E-state index contributed by atoms with van der Waals surface area (Å²) in [6.45, 7) is -0.800. The van der Waals surface area contributed by atoms with Crippen molar-refractivity contribution in [2.24, 2.45) is 52.0 Å². The zero-order chi connectivity index (χ0) is 55.8. The molecule has 400 valence electrons. The first-order valence-electron chi connectivity index (χ1n) is 21.5. The third-order valence-corrected chi connectivity index (χ3v) is 11.2. The van der Waals surface area contributed by atoms with Gasteiger partial charge in [-0.05, 0) is 38.9 Å². The SMILES string of the molecule is N=C(N)NC(NC(=O)C(NC(=N)N)NC(=O)C(NC(=N)N)NC(=O)C(NC(=N)N)NC(=O)C(NC(=O)C(O)NC(=O)C(CO)C1C=c2cc3ccccc3cc2=C1SC(=N)N)c1ccccc1)C(=O)NC(N)C(N)=O. The molecule has 9 atom stereocenters. The molecular weight excluding hydrogens is 1010 g/mol. The lowest BCUT2D eigenvalue weighted by Gasteiger charge is -2.28. The van der Waals surface area contributed by atoms with E-state index in [0.29, 0.717) is 15.3 Å². The van der Waals surface area contributed by atoms with Gasteiger partial charge in [-0.2, -0.15) is 0 Å². The summed E-state index contributed by atoms with van der Waals surface area (Å²) in [5, 5.41) is 85.7. The first-order chi connectivity index (χ1) is 35.3. The fraction of sp³-hybridized carbons (Fsp3) is 0.244. The van der Waals surface area contributed by atoms with Crippen LogP contribution in [0.2, 0.25) is 0 Å². The highest BCUT2D eigenvalue weighted by molar-refractivity contribution is 8.21. The summed E-state index contributed by atoms with van der Waals surface area (Å²) in [7, 11) is 0. The van der Waals surface area contributed by atoms with E-state index in [-0.39, 0.29) is 10.7 Å². The molecule has 0 fully saturated rings. The van der Waals surface area contributed by atoms with Crippen LogP contribution in [0.3, 0.4) is 0 Å². The zero-order valence-electron chi connectivity index (χ0n) is 38.9. The molecule has 3 aromatic rings. The molecule has 0 heterocycles. The van der Waals surface area contributed by atoms with E-state index in [1.54, 1.807) is 12.1 Å². The van der Waals surface area contributed by atoms with E-state index < -0.39 is 133 Å². The molecule has 0 spiro atoms. The van der Waals surface area contributed by atoms with Crippen LogP contribution >= 0.6 is 11.8 Å². The normalized spacial score (nSPS) is 15.5. The van der Waals surface area contributed by atoms with Gasteiger partial charge in [0, 0.05) is 10.8 Å². The third-order valence-electron chi connectivity index (χ3n) is 10.2. The van der Waals surface area contributed by atoms with Crippen LogP contribution in [0.15, 0.2) is 66.7 Å². The van der Waals surface area contributed by atoms with Crippen molar-refractivity contribution in [3.8, 4) is 0 Å². The second-order valence-electron chi connectivity index (χ2n) is 15.7. The van der Waals surface area contributed by atoms with Gasteiger partial charge >= 0.3 is 0 Å². The molecule has 0 saturated heterocycles. The number of nitrogens with one attached hydrogen (secondary N) is 16. The van der Waals surface area contributed by atoms with Gasteiger partial charge in [0.15, 0.2) is 59.8 Å². The van der Waals surface area contributed by atoms with Crippen molar-refractivity contribution in [2.45, 2.75) is 43.1 Å². The number of hydrogen-bond acceptors (Lipinski definition) is 17. The molecule has 0 radical (unpaired) electrons. The molecule has 9 unspecified atom stereocenters. The average Bonchev–Trinajstić information content (AvgIpc) is 3.66. The number of amides is 8. The molecule has 0 aromatic heterocycles. The largest absolute Gasteiger partial charge is 0.396 e. The van der Waals surface area contributed by atoms with E-state index in [0.717, 1.165) is 22.5 Å². The molecule has 1 aliphatic carbocycles. The van der Waals surface area contributed by atoms with Gasteiger partial charge in [0.1, 0.15) is 6.04 Å². The van der Waals surface area contributed by atoms with E-state index in [2.05, 4.69) is 26.6 Å². The van der Waals surface area contributed by atoms with E-state index in [4.69, 9.17) is 67.2 Å². The Balaban J connectivity index is 1.54. The number of rotatable bonds is 23. The van der Waals surface area contributed by atoms with Crippen LogP contribution in [0.25, 0.3) is 21.8 Å². The molecule has 33 nitrogen and oxygen atoms in total. The van der Waals surface area contributed by atoms with Gasteiger partial charge in [-0.25, -0.2) is 0 Å². The highest BCUT2D eigenvalue weighted by Gasteiger charge is 2.37. The number of guanidine groups is 4. The molecule has 0 aliphatic heterocycles. The number of carbonyl (C=O) groups excluding carboxylic acids is 8. The molecule has 32 N–H and O–H groups in total. The lowest BCUT2D eigenvalue weighted by atomic mass is 9.92. The van der Waals surface area contributed by atoms with Crippen molar-refractivity contribution in [3.05, 3.63) is 82.7 Å². The summed E-state index contributed by atoms with van der Waals surface area (Å²) in [6.07, 6.45) is -11.0. The first-order valence-corrected chi connectivity index (χ1v) is 22.3. The van der Waals surface area contributed by atoms with Gasteiger partial charge in [-0.15, -0.1) is 0 Å². The minimum atomic E-state index is -2.39. The molecule has 3 aromatic carbocycles. The highest BCUT2D eigenvalue weighted by Crippen LogP contribution is 2.34. The third kappa shape index (κ3) is 16.4. The van der Waals surface area contributed by atoms with Crippen molar-refractivity contribution < 1.29 is 48.6 Å². The zero-order valence-corrected chi connectivity index (χ0v) is 39.8. The summed E-state index contributed by atoms with van der Waals surface area (Å²) in [6, 6.07) is 16.4. The first kappa shape index (κ1) is 57.8. The molecule has 0 saturated carbocycles. The number of aliphatic hydroxyl groups is 2. The Morgan fingerprint density at radius 1 is 0.533 bits per heavy atom. The number of aliphatic hydroxyl groups excluding tert-OH is 2. The Morgan fingerprint density at radius 3 is 1.39 bits per heavy atom. The standard InChI is InChI=1S/C41H55N23O10S/c42-23(24(43)66)55-31(69)25(60-37(44)45)57-33(71)27(62-39(48)49)59-34(72)28(63-40(50)51)58-32(70)26(61-38(46)47)56-30(68)21(14-6-2-1-3-7-14)54-35(73)36(74)64-29(67)20(13-65)19-12-17-10-15-8-4-5-9-16(15)11-18(17)22(19)75-41(52)53/h1-12,19-21,23,25-28,36,65,74H,13,42H2,(H2,43,66)(H3,52,53)(H,54,73)(H,55,69)(H,56,68)(H,57,71)(H,58,70)(H,59,72)(H,64,67)(H4,44,45,60)(H4,46,47,61)(H4,48,49,62)(H4,50,51,63). The van der Waals surface area contributed by atoms with Gasteiger partial charge in [0.05, 0.1) is 12.5 Å². The minimum Gasteiger partial charge on any atom is -0.396 e. The average molecular weight is 1060 g/mol. The quantitative estimate of drug-likeness (QED) is 0.0238. The van der Waals surface area contributed by atoms with Crippen LogP contribution in [0.5, 0.6) is 0 Å². The number of thioether (sulfide) groups is 1. The smallest absolute Gasteiger partial charge is 0.270 e. The summed E-state index contributed by atoms with van der Waals surface area (Å²) >= 11 is 0.858. The Morgan fingerprint density at radius 2 is 0.960 bits per heavy atom. The van der Waals surface area contributed by atoms with Crippen LogP contribution in [0, 0.1) is 38.9 Å². The second-order valence-corrected chi connectivity index (χ2v) is 16.8. The summed E-state index contributed by atoms with van der Waals surface area (Å²) in [5.74, 6) is -16.5. The fourth-order valence-electron chi connectivity index (χ4n) is 6.93. The summed E-state index contributed by atoms with van der Waals surface area (Å²) in [5.41, 5.74) is 37.9. The van der Waals surface area contributed by atoms with Gasteiger partial charge in [0.25, 0.3) is 35.4 Å². The lowest BCUT2D eigenvalue weighted by molar-refractivity contribution is -0.141. The summed E-state index contributed by atoms with van der Waals surface area (Å²) in [4.78, 5) is 107. The molecule has 34 heteroatoms. The number of primary amides is 1. The molecule has 4 rings (SSSR count). The van der Waals surface area contributed by atoms with E-state index in [1.807, 2.05) is 68.3 Å². The maximum atomic E-state index is 14.1. The van der Waals surface area contributed by atoms with Crippen molar-refractivity contribution in [2.75, 3.05) is 6.61 Å². The number of amidine groups is 1. The Labute approximate surface area is 427 Å². The van der Waals surface area contributed by atoms with Gasteiger partial charge < -0.3 is 109 Å². The number of nitrogens with two attached hydrogens (primary N) is 7. The number of hydrogen-bond donors (Lipinski definition) is 25. The number of fused-ring (bicyclic) bond motifs is 2. The Bertz CT molecular complexity index is 2910. The van der Waals surface area contributed by atoms with Crippen LogP contribution < -0.4 is 109 Å². The Hall–Kier alpha value is -9.80. The van der Waals surface area contributed by atoms with Crippen molar-refractivity contribution in [1.29, 1.82) is 27.0 Å². The van der Waals surface area contributed by atoms with Crippen molar-refractivity contribution in [3.63, 3.8) is 0 Å². The predicted molar refractivity (Wildman–Crippen MR) is 269 cm³/mol. The molecule has 1 aliphatic rings. The number of carbonyl (C=O) groups is 8. The maximum absolute atomic E-state index is 14.1. The predicted octanol–water partition coefficient (Wildman–Crippen LogP) is -10.5. The topological polar surface area (TPSA) is 611 Å². The van der Waals surface area contributed by atoms with E-state index in [1.165, 1.54) is 24.3 Å². The van der Waals surface area contributed by atoms with Crippen LogP contribution in [-0.2, 0) is 38.4 Å². The molecule has 75 heavy (non-hydrogen) atoms. The number of benzene rings is 3. The molecule has 0 bridgehead atoms.